The van der Waals surface area contributed by atoms with Gasteiger partial charge in [-0.25, -0.2) is 9.97 Å². The van der Waals surface area contributed by atoms with Gasteiger partial charge in [0.1, 0.15) is 11.0 Å². The molecule has 0 radical (unpaired) electrons. The van der Waals surface area contributed by atoms with Gasteiger partial charge in [0.05, 0.1) is 44.8 Å². The summed E-state index contributed by atoms with van der Waals surface area (Å²) in [5.74, 6) is 0. The van der Waals surface area contributed by atoms with Crippen LogP contribution < -0.4 is 0 Å². The molecule has 4 nitrogen and oxygen atoms in total. The van der Waals surface area contributed by atoms with E-state index in [1.807, 2.05) is 0 Å². The lowest BCUT2D eigenvalue weighted by atomic mass is 9.85. The van der Waals surface area contributed by atoms with Crippen LogP contribution in [0.25, 0.3) is 88.5 Å². The van der Waals surface area contributed by atoms with Gasteiger partial charge in [0.15, 0.2) is 0 Å². The molecule has 64 heavy (non-hydrogen) atoms. The number of rotatable bonds is 4. The SMILES string of the molecule is CC(C)(C)c1ccc2c(c1)c1cc(C(C)(C)C)ccc1n2-c1ccc(-n2c3ccc(C(C)(C)C)cc3c3cc(C(C)(C)C)ccc32)c2nc(-c3ccccc3)c(-c3ccccc3)nc12. The summed E-state index contributed by atoms with van der Waals surface area (Å²) < 4.78 is 4.89. The topological polar surface area (TPSA) is 35.6 Å². The van der Waals surface area contributed by atoms with E-state index in [1.165, 1.54) is 43.8 Å². The first-order chi connectivity index (χ1) is 30.3. The molecule has 0 saturated heterocycles. The summed E-state index contributed by atoms with van der Waals surface area (Å²) in [6.07, 6.45) is 0. The minimum absolute atomic E-state index is 0.00784. The van der Waals surface area contributed by atoms with Gasteiger partial charge >= 0.3 is 0 Å². The molecule has 0 aliphatic rings. The lowest BCUT2D eigenvalue weighted by Crippen LogP contribution is -2.10. The summed E-state index contributed by atoms with van der Waals surface area (Å²) in [5, 5.41) is 4.98. The summed E-state index contributed by atoms with van der Waals surface area (Å²) >= 11 is 0. The highest BCUT2D eigenvalue weighted by atomic mass is 15.0. The van der Waals surface area contributed by atoms with Gasteiger partial charge < -0.3 is 9.13 Å². The predicted molar refractivity (Wildman–Crippen MR) is 274 cm³/mol. The van der Waals surface area contributed by atoms with Crippen molar-refractivity contribution in [1.29, 1.82) is 0 Å². The number of hydrogen-bond donors (Lipinski definition) is 0. The van der Waals surface area contributed by atoms with Crippen LogP contribution >= 0.6 is 0 Å². The standard InChI is InChI=1S/C60H60N4/c1-57(2,3)39-23-27-47-43(33-39)44-34-40(58(4,5)6)24-28-48(44)63(47)51-31-32-52(56-55(51)61-53(37-19-15-13-16-20-37)54(62-56)38-21-17-14-18-22-38)64-49-29-25-41(59(7,8)9)35-45(49)46-36-42(60(10,11)12)26-30-50(46)64/h13-36H,1-12H3. The fourth-order valence-electron chi connectivity index (χ4n) is 9.50. The fraction of sp³-hybridized carbons (Fsp3) is 0.267. The van der Waals surface area contributed by atoms with Gasteiger partial charge in [-0.1, -0.05) is 168 Å². The number of nitrogens with zero attached hydrogens (tertiary/aromatic N) is 4. The van der Waals surface area contributed by atoms with Crippen molar-refractivity contribution < 1.29 is 0 Å². The van der Waals surface area contributed by atoms with E-state index in [1.54, 1.807) is 0 Å². The maximum absolute atomic E-state index is 5.83. The van der Waals surface area contributed by atoms with Gasteiger partial charge in [-0.05, 0) is 105 Å². The maximum Gasteiger partial charge on any atom is 0.116 e. The third kappa shape index (κ3) is 6.90. The van der Waals surface area contributed by atoms with E-state index < -0.39 is 0 Å². The van der Waals surface area contributed by atoms with Crippen molar-refractivity contribution in [3.05, 3.63) is 168 Å². The Morgan fingerprint density at radius 2 is 0.578 bits per heavy atom. The van der Waals surface area contributed by atoms with Crippen LogP contribution in [0.4, 0.5) is 0 Å². The second-order valence-corrected chi connectivity index (χ2v) is 22.1. The Kier molecular flexibility index (Phi) is 9.40. The normalized spacial score (nSPS) is 13.0. The lowest BCUT2D eigenvalue weighted by molar-refractivity contribution is 0.590. The molecule has 0 aliphatic heterocycles. The minimum Gasteiger partial charge on any atom is -0.307 e. The molecule has 10 aromatic rings. The van der Waals surface area contributed by atoms with Crippen LogP contribution in [0.1, 0.15) is 105 Å². The Labute approximate surface area is 378 Å². The zero-order valence-corrected chi connectivity index (χ0v) is 39.6. The molecule has 3 aromatic heterocycles. The summed E-state index contributed by atoms with van der Waals surface area (Å²) in [7, 11) is 0. The number of hydrogen-bond acceptors (Lipinski definition) is 2. The Hall–Kier alpha value is -6.52. The van der Waals surface area contributed by atoms with Crippen molar-refractivity contribution in [2.45, 2.75) is 105 Å². The molecular weight excluding hydrogens is 777 g/mol. The fourth-order valence-corrected chi connectivity index (χ4v) is 9.50. The molecule has 0 N–H and O–H groups in total. The Morgan fingerprint density at radius 3 is 0.828 bits per heavy atom. The summed E-state index contributed by atoms with van der Waals surface area (Å²) in [5.41, 5.74) is 17.3. The number of benzene rings is 7. The molecule has 0 aliphatic carbocycles. The van der Waals surface area contributed by atoms with Crippen molar-refractivity contribution in [2.24, 2.45) is 0 Å². The Bertz CT molecular complexity index is 3070. The van der Waals surface area contributed by atoms with E-state index in [4.69, 9.17) is 9.97 Å². The minimum atomic E-state index is -0.00784. The highest BCUT2D eigenvalue weighted by Crippen LogP contribution is 2.44. The van der Waals surface area contributed by atoms with Gasteiger partial charge in [-0.15, -0.1) is 0 Å². The number of fused-ring (bicyclic) bond motifs is 7. The highest BCUT2D eigenvalue weighted by molar-refractivity contribution is 6.13. The van der Waals surface area contributed by atoms with E-state index in [0.29, 0.717) is 0 Å². The smallest absolute Gasteiger partial charge is 0.116 e. The predicted octanol–water partition coefficient (Wildman–Crippen LogP) is 16.3. The molecule has 0 amide bonds. The monoisotopic (exact) mass is 836 g/mol. The van der Waals surface area contributed by atoms with Crippen molar-refractivity contribution in [3.63, 3.8) is 0 Å². The van der Waals surface area contributed by atoms with E-state index in [9.17, 15) is 0 Å². The molecule has 7 aromatic carbocycles. The maximum atomic E-state index is 5.83. The first-order valence-corrected chi connectivity index (χ1v) is 22.9. The van der Waals surface area contributed by atoms with Crippen LogP contribution in [0, 0.1) is 0 Å². The summed E-state index contributed by atoms with van der Waals surface area (Å²) in [6, 6.07) is 53.9. The van der Waals surface area contributed by atoms with Crippen molar-refractivity contribution >= 4 is 54.6 Å². The van der Waals surface area contributed by atoms with Crippen molar-refractivity contribution in [1.82, 2.24) is 19.1 Å². The van der Waals surface area contributed by atoms with E-state index >= 15 is 0 Å². The first-order valence-electron chi connectivity index (χ1n) is 22.9. The summed E-state index contributed by atoms with van der Waals surface area (Å²) in [6.45, 7) is 27.6. The summed E-state index contributed by atoms with van der Waals surface area (Å²) in [4.78, 5) is 11.7. The van der Waals surface area contributed by atoms with Crippen LogP contribution in [0.3, 0.4) is 0 Å². The molecule has 0 spiro atoms. The molecule has 3 heterocycles. The molecule has 320 valence electrons. The van der Waals surface area contributed by atoms with Crippen LogP contribution in [0.5, 0.6) is 0 Å². The molecule has 0 saturated carbocycles. The third-order valence-corrected chi connectivity index (χ3v) is 13.4. The van der Waals surface area contributed by atoms with E-state index in [0.717, 1.165) is 67.0 Å². The number of aromatic nitrogens is 4. The third-order valence-electron chi connectivity index (χ3n) is 13.4. The molecule has 0 fully saturated rings. The average molecular weight is 837 g/mol. The van der Waals surface area contributed by atoms with Gasteiger partial charge in [-0.3, -0.25) is 0 Å². The van der Waals surface area contributed by atoms with Gasteiger partial charge in [-0.2, -0.15) is 0 Å². The Morgan fingerprint density at radius 1 is 0.312 bits per heavy atom. The molecule has 10 rings (SSSR count). The molecular formula is C60H60N4. The quantitative estimate of drug-likeness (QED) is 0.177. The van der Waals surface area contributed by atoms with E-state index in [-0.39, 0.29) is 21.7 Å². The van der Waals surface area contributed by atoms with Crippen LogP contribution in [-0.4, -0.2) is 19.1 Å². The molecule has 4 heteroatoms. The Balaban J connectivity index is 1.38. The second kappa shape index (κ2) is 14.5. The molecule has 0 bridgehead atoms. The van der Waals surface area contributed by atoms with Gasteiger partial charge in [0, 0.05) is 32.7 Å². The zero-order valence-electron chi connectivity index (χ0n) is 39.6. The molecule has 0 unspecified atom stereocenters. The largest absolute Gasteiger partial charge is 0.307 e. The van der Waals surface area contributed by atoms with E-state index in [2.05, 4.69) is 238 Å². The van der Waals surface area contributed by atoms with Crippen LogP contribution in [0.15, 0.2) is 146 Å². The zero-order chi connectivity index (χ0) is 45.1. The van der Waals surface area contributed by atoms with Gasteiger partial charge in [0.2, 0.25) is 0 Å². The molecule has 0 atom stereocenters. The average Bonchev–Trinajstić information content (AvgIpc) is 3.76. The van der Waals surface area contributed by atoms with Crippen LogP contribution in [0.2, 0.25) is 0 Å². The first kappa shape index (κ1) is 41.5. The van der Waals surface area contributed by atoms with Crippen molar-refractivity contribution in [2.75, 3.05) is 0 Å². The van der Waals surface area contributed by atoms with Crippen molar-refractivity contribution in [3.8, 4) is 33.9 Å². The second-order valence-electron chi connectivity index (χ2n) is 22.1. The van der Waals surface area contributed by atoms with Gasteiger partial charge in [0.25, 0.3) is 0 Å². The lowest BCUT2D eigenvalue weighted by Gasteiger charge is -2.20. The van der Waals surface area contributed by atoms with Crippen LogP contribution in [-0.2, 0) is 21.7 Å². The highest BCUT2D eigenvalue weighted by Gasteiger charge is 2.27.